The topological polar surface area (TPSA) is 29.9 Å². The highest BCUT2D eigenvalue weighted by Gasteiger charge is 2.21. The number of aromatic nitrogens is 2. The van der Waals surface area contributed by atoms with E-state index in [1.807, 2.05) is 0 Å². The summed E-state index contributed by atoms with van der Waals surface area (Å²) < 4.78 is 40.6. The maximum Gasteiger partial charge on any atom is 0.280 e. The van der Waals surface area contributed by atoms with E-state index in [-0.39, 0.29) is 22.9 Å². The van der Waals surface area contributed by atoms with Crippen molar-refractivity contribution in [2.45, 2.75) is 13.0 Å². The van der Waals surface area contributed by atoms with Crippen LogP contribution in [0.25, 0.3) is 5.69 Å². The Morgan fingerprint density at radius 2 is 2.16 bits per heavy atom. The molecule has 2 aromatic rings. The van der Waals surface area contributed by atoms with Gasteiger partial charge in [0.05, 0.1) is 16.9 Å². The van der Waals surface area contributed by atoms with Gasteiger partial charge in [-0.25, -0.2) is 17.9 Å². The summed E-state index contributed by atoms with van der Waals surface area (Å²) in [6, 6.07) is 3.82. The van der Waals surface area contributed by atoms with Crippen molar-refractivity contribution in [1.29, 1.82) is 0 Å². The number of rotatable bonds is 4. The largest absolute Gasteiger partial charge is 0.316 e. The summed E-state index contributed by atoms with van der Waals surface area (Å²) >= 11 is 5.56. The quantitative estimate of drug-likeness (QED) is 0.936. The Morgan fingerprint density at radius 3 is 2.74 bits per heavy atom. The Balaban J connectivity index is 2.52. The minimum Gasteiger partial charge on any atom is -0.316 e. The first-order valence-corrected chi connectivity index (χ1v) is 5.87. The Labute approximate surface area is 113 Å². The van der Waals surface area contributed by atoms with Crippen molar-refractivity contribution in [2.24, 2.45) is 0 Å². The van der Waals surface area contributed by atoms with Crippen molar-refractivity contribution in [2.75, 3.05) is 7.05 Å². The summed E-state index contributed by atoms with van der Waals surface area (Å²) in [5.74, 6) is -0.676. The molecule has 7 heteroatoms. The number of nitrogens with one attached hydrogen (secondary N) is 1. The lowest BCUT2D eigenvalue weighted by Crippen LogP contribution is -2.09. The molecule has 0 atom stereocenters. The summed E-state index contributed by atoms with van der Waals surface area (Å²) in [6.07, 6.45) is -1.37. The summed E-state index contributed by atoms with van der Waals surface area (Å²) in [7, 11) is 1.65. The fourth-order valence-electron chi connectivity index (χ4n) is 1.77. The molecule has 1 heterocycles. The summed E-state index contributed by atoms with van der Waals surface area (Å²) in [6.45, 7) is 0.260. The average Bonchev–Trinajstić information content (AvgIpc) is 2.77. The predicted molar refractivity (Wildman–Crippen MR) is 66.3 cm³/mol. The molecule has 0 amide bonds. The molecule has 0 aliphatic rings. The molecule has 0 saturated carbocycles. The number of alkyl halides is 2. The molecular weight excluding hydrogens is 279 g/mol. The van der Waals surface area contributed by atoms with E-state index in [4.69, 9.17) is 11.6 Å². The Morgan fingerprint density at radius 1 is 1.42 bits per heavy atom. The molecule has 0 saturated heterocycles. The molecule has 3 nitrogen and oxygen atoms in total. The lowest BCUT2D eigenvalue weighted by atomic mass is 10.2. The maximum absolute atomic E-state index is 13.4. The van der Waals surface area contributed by atoms with Gasteiger partial charge in [-0.3, -0.25) is 0 Å². The van der Waals surface area contributed by atoms with E-state index in [1.165, 1.54) is 18.3 Å². The van der Waals surface area contributed by atoms with E-state index in [2.05, 4.69) is 10.4 Å². The van der Waals surface area contributed by atoms with Crippen molar-refractivity contribution in [3.05, 3.63) is 46.5 Å². The van der Waals surface area contributed by atoms with Crippen LogP contribution < -0.4 is 5.32 Å². The van der Waals surface area contributed by atoms with Crippen LogP contribution in [-0.4, -0.2) is 16.8 Å². The highest BCUT2D eigenvalue weighted by molar-refractivity contribution is 6.30. The van der Waals surface area contributed by atoms with Crippen molar-refractivity contribution in [3.63, 3.8) is 0 Å². The lowest BCUT2D eigenvalue weighted by molar-refractivity contribution is 0.141. The maximum atomic E-state index is 13.4. The lowest BCUT2D eigenvalue weighted by Gasteiger charge is -2.09. The van der Waals surface area contributed by atoms with Gasteiger partial charge in [0.25, 0.3) is 6.43 Å². The van der Waals surface area contributed by atoms with Gasteiger partial charge >= 0.3 is 0 Å². The number of halogens is 4. The van der Waals surface area contributed by atoms with E-state index in [0.29, 0.717) is 5.56 Å². The van der Waals surface area contributed by atoms with Gasteiger partial charge in [0.15, 0.2) is 0 Å². The van der Waals surface area contributed by atoms with Crippen molar-refractivity contribution in [1.82, 2.24) is 15.1 Å². The van der Waals surface area contributed by atoms with Crippen LogP contribution >= 0.6 is 11.6 Å². The molecule has 102 valence electrons. The van der Waals surface area contributed by atoms with Gasteiger partial charge in [0.2, 0.25) is 0 Å². The van der Waals surface area contributed by atoms with Gasteiger partial charge in [-0.15, -0.1) is 0 Å². The monoisotopic (exact) mass is 289 g/mol. The zero-order valence-electron chi connectivity index (χ0n) is 10.0. The normalized spacial score (nSPS) is 11.3. The van der Waals surface area contributed by atoms with Gasteiger partial charge in [-0.2, -0.15) is 5.10 Å². The van der Waals surface area contributed by atoms with Crippen molar-refractivity contribution < 1.29 is 13.2 Å². The highest BCUT2D eigenvalue weighted by atomic mass is 35.5. The minimum absolute atomic E-state index is 0.0649. The summed E-state index contributed by atoms with van der Waals surface area (Å²) in [4.78, 5) is 0. The SMILES string of the molecule is CNCc1cnn(-c2ccc(Cl)c(F)c2)c1C(F)F. The van der Waals surface area contributed by atoms with Gasteiger partial charge < -0.3 is 5.32 Å². The minimum atomic E-state index is -2.70. The van der Waals surface area contributed by atoms with Crippen LogP contribution in [0.5, 0.6) is 0 Å². The van der Waals surface area contributed by atoms with Crippen LogP contribution in [0.2, 0.25) is 5.02 Å². The zero-order chi connectivity index (χ0) is 14.0. The molecule has 19 heavy (non-hydrogen) atoms. The first-order valence-electron chi connectivity index (χ1n) is 5.49. The Bertz CT molecular complexity index is 584. The summed E-state index contributed by atoms with van der Waals surface area (Å²) in [5.41, 5.74) is 0.323. The standard InChI is InChI=1S/C12H11ClF3N3/c1-17-5-7-6-18-19(11(7)12(15)16)8-2-3-9(13)10(14)4-8/h2-4,6,12,17H,5H2,1H3. The number of nitrogens with zero attached hydrogens (tertiary/aromatic N) is 2. The average molecular weight is 290 g/mol. The van der Waals surface area contributed by atoms with Crippen LogP contribution in [0.4, 0.5) is 13.2 Å². The van der Waals surface area contributed by atoms with Crippen molar-refractivity contribution >= 4 is 11.6 Å². The van der Waals surface area contributed by atoms with Gasteiger partial charge in [-0.1, -0.05) is 11.6 Å². The van der Waals surface area contributed by atoms with Crippen molar-refractivity contribution in [3.8, 4) is 5.69 Å². The third-order valence-electron chi connectivity index (χ3n) is 2.61. The zero-order valence-corrected chi connectivity index (χ0v) is 10.8. The molecule has 1 aromatic carbocycles. The molecule has 1 aromatic heterocycles. The smallest absolute Gasteiger partial charge is 0.280 e. The summed E-state index contributed by atoms with van der Waals surface area (Å²) in [5, 5.41) is 6.60. The second kappa shape index (κ2) is 5.63. The molecular formula is C12H11ClF3N3. The van der Waals surface area contributed by atoms with E-state index < -0.39 is 12.2 Å². The van der Waals surface area contributed by atoms with Gasteiger partial charge in [-0.05, 0) is 19.2 Å². The molecule has 0 spiro atoms. The first-order chi connectivity index (χ1) is 9.04. The Hall–Kier alpha value is -1.53. The molecule has 0 unspecified atom stereocenters. The third-order valence-corrected chi connectivity index (χ3v) is 2.91. The fraction of sp³-hybridized carbons (Fsp3) is 0.250. The second-order valence-electron chi connectivity index (χ2n) is 3.90. The van der Waals surface area contributed by atoms with Gasteiger partial charge in [0, 0.05) is 18.2 Å². The molecule has 0 aliphatic carbocycles. The van der Waals surface area contributed by atoms with Crippen LogP contribution in [0, 0.1) is 5.82 Å². The second-order valence-corrected chi connectivity index (χ2v) is 4.30. The predicted octanol–water partition coefficient (Wildman–Crippen LogP) is 3.32. The third kappa shape index (κ3) is 2.74. The molecule has 0 bridgehead atoms. The van der Waals surface area contributed by atoms with E-state index >= 15 is 0 Å². The van der Waals surface area contributed by atoms with E-state index in [1.54, 1.807) is 7.05 Å². The van der Waals surface area contributed by atoms with Crippen LogP contribution in [-0.2, 0) is 6.54 Å². The Kier molecular flexibility index (Phi) is 4.11. The highest BCUT2D eigenvalue weighted by Crippen LogP contribution is 2.27. The van der Waals surface area contributed by atoms with Crippen LogP contribution in [0.3, 0.4) is 0 Å². The number of hydrogen-bond donors (Lipinski definition) is 1. The number of benzene rings is 1. The molecule has 1 N–H and O–H groups in total. The van der Waals surface area contributed by atoms with Gasteiger partial charge in [0.1, 0.15) is 11.5 Å². The first kappa shape index (κ1) is 13.9. The van der Waals surface area contributed by atoms with Crippen LogP contribution in [0.1, 0.15) is 17.7 Å². The molecule has 0 radical (unpaired) electrons. The molecule has 0 aliphatic heterocycles. The van der Waals surface area contributed by atoms with E-state index in [0.717, 1.165) is 10.7 Å². The molecule has 2 rings (SSSR count). The number of hydrogen-bond acceptors (Lipinski definition) is 2. The van der Waals surface area contributed by atoms with Crippen LogP contribution in [0.15, 0.2) is 24.4 Å². The fourth-order valence-corrected chi connectivity index (χ4v) is 1.89. The van der Waals surface area contributed by atoms with E-state index in [9.17, 15) is 13.2 Å². The molecule has 0 fully saturated rings.